The summed E-state index contributed by atoms with van der Waals surface area (Å²) in [4.78, 5) is 0. The summed E-state index contributed by atoms with van der Waals surface area (Å²) in [6, 6.07) is 5.74. The Morgan fingerprint density at radius 2 is 1.75 bits per heavy atom. The highest BCUT2D eigenvalue weighted by molar-refractivity contribution is 6.07. The maximum absolute atomic E-state index is 9.44. The van der Waals surface area contributed by atoms with Crippen molar-refractivity contribution in [2.45, 2.75) is 20.8 Å². The predicted octanol–water partition coefficient (Wildman–Crippen LogP) is 5.78. The largest absolute Gasteiger partial charge is 0.508 e. The molecular weight excluding hydrogens is 244 g/mol. The molecular formula is C19H22O. The van der Waals surface area contributed by atoms with E-state index in [9.17, 15) is 5.11 Å². The van der Waals surface area contributed by atoms with Gasteiger partial charge in [0, 0.05) is 5.56 Å². The van der Waals surface area contributed by atoms with Crippen molar-refractivity contribution >= 4 is 16.9 Å². The predicted molar refractivity (Wildman–Crippen MR) is 90.4 cm³/mol. The first-order chi connectivity index (χ1) is 9.56. The third-order valence-electron chi connectivity index (χ3n) is 3.11. The SMILES string of the molecule is C=C1C(=C)c2cc(C(=C)O)ccc2/C1=C/C=C\C.CC. The molecule has 0 unspecified atom stereocenters. The second-order valence-electron chi connectivity index (χ2n) is 4.27. The molecule has 1 heteroatoms. The first-order valence-corrected chi connectivity index (χ1v) is 6.80. The number of benzene rings is 1. The third-order valence-corrected chi connectivity index (χ3v) is 3.11. The molecule has 0 aliphatic heterocycles. The van der Waals surface area contributed by atoms with Crippen LogP contribution in [-0.2, 0) is 0 Å². The highest BCUT2D eigenvalue weighted by atomic mass is 16.3. The van der Waals surface area contributed by atoms with Gasteiger partial charge in [-0.05, 0) is 40.8 Å². The summed E-state index contributed by atoms with van der Waals surface area (Å²) >= 11 is 0. The zero-order valence-corrected chi connectivity index (χ0v) is 12.5. The molecule has 1 aromatic carbocycles. The van der Waals surface area contributed by atoms with Crippen molar-refractivity contribution in [1.29, 1.82) is 0 Å². The molecule has 0 heterocycles. The Hall–Kier alpha value is -2.28. The van der Waals surface area contributed by atoms with Gasteiger partial charge in [0.15, 0.2) is 0 Å². The van der Waals surface area contributed by atoms with Crippen LogP contribution in [0.2, 0.25) is 0 Å². The molecule has 1 aliphatic rings. The van der Waals surface area contributed by atoms with Gasteiger partial charge in [0.25, 0.3) is 0 Å². The van der Waals surface area contributed by atoms with E-state index in [4.69, 9.17) is 0 Å². The topological polar surface area (TPSA) is 20.2 Å². The van der Waals surface area contributed by atoms with Crippen LogP contribution in [0.4, 0.5) is 0 Å². The first kappa shape index (κ1) is 15.8. The second kappa shape index (κ2) is 6.76. The van der Waals surface area contributed by atoms with Gasteiger partial charge in [-0.25, -0.2) is 0 Å². The van der Waals surface area contributed by atoms with Crippen LogP contribution in [0.25, 0.3) is 16.9 Å². The summed E-state index contributed by atoms with van der Waals surface area (Å²) in [6.07, 6.45) is 6.00. The number of allylic oxidation sites excluding steroid dienone is 6. The van der Waals surface area contributed by atoms with Crippen LogP contribution < -0.4 is 0 Å². The molecule has 20 heavy (non-hydrogen) atoms. The summed E-state index contributed by atoms with van der Waals surface area (Å²) in [5.74, 6) is 0.0714. The molecule has 1 N–H and O–H groups in total. The molecule has 0 bridgehead atoms. The van der Waals surface area contributed by atoms with E-state index in [1.807, 2.05) is 57.2 Å². The quantitative estimate of drug-likeness (QED) is 0.672. The number of aliphatic hydroxyl groups is 1. The molecule has 0 amide bonds. The highest BCUT2D eigenvalue weighted by Crippen LogP contribution is 2.43. The van der Waals surface area contributed by atoms with Gasteiger partial charge in [-0.2, -0.15) is 0 Å². The van der Waals surface area contributed by atoms with Gasteiger partial charge >= 0.3 is 0 Å². The van der Waals surface area contributed by atoms with E-state index in [-0.39, 0.29) is 5.76 Å². The van der Waals surface area contributed by atoms with Crippen LogP contribution in [0.3, 0.4) is 0 Å². The van der Waals surface area contributed by atoms with E-state index >= 15 is 0 Å². The van der Waals surface area contributed by atoms with Crippen molar-refractivity contribution in [3.8, 4) is 0 Å². The summed E-state index contributed by atoms with van der Waals surface area (Å²) in [6.45, 7) is 17.6. The van der Waals surface area contributed by atoms with Crippen LogP contribution in [0, 0.1) is 0 Å². The Morgan fingerprint density at radius 1 is 1.10 bits per heavy atom. The number of hydrogen-bond acceptors (Lipinski definition) is 1. The van der Waals surface area contributed by atoms with E-state index in [1.54, 1.807) is 0 Å². The second-order valence-corrected chi connectivity index (χ2v) is 4.27. The Morgan fingerprint density at radius 3 is 2.30 bits per heavy atom. The number of aliphatic hydroxyl groups excluding tert-OH is 1. The summed E-state index contributed by atoms with van der Waals surface area (Å²) < 4.78 is 0. The fourth-order valence-corrected chi connectivity index (χ4v) is 2.08. The van der Waals surface area contributed by atoms with Crippen molar-refractivity contribution in [1.82, 2.24) is 0 Å². The molecule has 1 aromatic rings. The van der Waals surface area contributed by atoms with Gasteiger partial charge in [0.05, 0.1) is 0 Å². The lowest BCUT2D eigenvalue weighted by Crippen LogP contribution is -1.86. The molecule has 1 aliphatic carbocycles. The van der Waals surface area contributed by atoms with E-state index in [2.05, 4.69) is 19.7 Å². The third kappa shape index (κ3) is 2.83. The van der Waals surface area contributed by atoms with Crippen molar-refractivity contribution in [2.75, 3.05) is 0 Å². The van der Waals surface area contributed by atoms with Crippen molar-refractivity contribution in [2.24, 2.45) is 0 Å². The van der Waals surface area contributed by atoms with Crippen LogP contribution in [-0.4, -0.2) is 5.11 Å². The molecule has 0 atom stereocenters. The normalized spacial score (nSPS) is 15.2. The monoisotopic (exact) mass is 266 g/mol. The van der Waals surface area contributed by atoms with Gasteiger partial charge in [-0.1, -0.05) is 63.9 Å². The summed E-state index contributed by atoms with van der Waals surface area (Å²) in [7, 11) is 0. The fourth-order valence-electron chi connectivity index (χ4n) is 2.08. The maximum Gasteiger partial charge on any atom is 0.115 e. The molecule has 0 radical (unpaired) electrons. The van der Waals surface area contributed by atoms with Crippen LogP contribution in [0.5, 0.6) is 0 Å². The van der Waals surface area contributed by atoms with Gasteiger partial charge in [0.2, 0.25) is 0 Å². The molecule has 1 nitrogen and oxygen atoms in total. The highest BCUT2D eigenvalue weighted by Gasteiger charge is 2.23. The first-order valence-electron chi connectivity index (χ1n) is 6.80. The zero-order chi connectivity index (χ0) is 15.3. The Bertz CT molecular complexity index is 613. The van der Waals surface area contributed by atoms with Crippen LogP contribution in [0.1, 0.15) is 37.5 Å². The smallest absolute Gasteiger partial charge is 0.115 e. The van der Waals surface area contributed by atoms with Gasteiger partial charge in [0.1, 0.15) is 5.76 Å². The minimum Gasteiger partial charge on any atom is -0.508 e. The average Bonchev–Trinajstić information content (AvgIpc) is 2.71. The van der Waals surface area contributed by atoms with Crippen molar-refractivity contribution in [3.05, 3.63) is 78.4 Å². The lowest BCUT2D eigenvalue weighted by atomic mass is 10.0. The molecule has 0 saturated heterocycles. The minimum absolute atomic E-state index is 0.0714. The van der Waals surface area contributed by atoms with E-state index in [0.29, 0.717) is 0 Å². The van der Waals surface area contributed by atoms with Gasteiger partial charge in [-0.3, -0.25) is 0 Å². The minimum atomic E-state index is 0.0714. The Kier molecular flexibility index (Phi) is 5.33. The summed E-state index contributed by atoms with van der Waals surface area (Å²) in [5, 5.41) is 9.44. The lowest BCUT2D eigenvalue weighted by Gasteiger charge is -2.03. The average molecular weight is 266 g/mol. The number of rotatable bonds is 2. The molecule has 0 fully saturated rings. The Labute approximate surface area is 122 Å². The lowest BCUT2D eigenvalue weighted by molar-refractivity contribution is 0.514. The Balaban J connectivity index is 0.000000956. The number of hydrogen-bond donors (Lipinski definition) is 1. The molecule has 0 aromatic heterocycles. The van der Waals surface area contributed by atoms with Crippen molar-refractivity contribution < 1.29 is 5.11 Å². The van der Waals surface area contributed by atoms with E-state index in [0.717, 1.165) is 33.4 Å². The van der Waals surface area contributed by atoms with Crippen molar-refractivity contribution in [3.63, 3.8) is 0 Å². The maximum atomic E-state index is 9.44. The zero-order valence-electron chi connectivity index (χ0n) is 12.5. The molecule has 0 saturated carbocycles. The van der Waals surface area contributed by atoms with Crippen LogP contribution in [0.15, 0.2) is 61.7 Å². The van der Waals surface area contributed by atoms with Gasteiger partial charge < -0.3 is 5.11 Å². The standard InChI is InChI=1S/C17H16O.C2H6/c1-5-6-7-15-11(2)12(3)17-10-14(13(4)18)8-9-16(15)17;1-2/h5-10,18H,2-4H2,1H3;1-2H3/b6-5-,15-7+;. The fraction of sp³-hybridized carbons (Fsp3) is 0.158. The van der Waals surface area contributed by atoms with Gasteiger partial charge in [-0.15, -0.1) is 0 Å². The number of fused-ring (bicyclic) bond motifs is 1. The van der Waals surface area contributed by atoms with E-state index in [1.165, 1.54) is 0 Å². The molecule has 2 rings (SSSR count). The summed E-state index contributed by atoms with van der Waals surface area (Å²) in [5.41, 5.74) is 5.77. The molecule has 0 spiro atoms. The molecule has 104 valence electrons. The van der Waals surface area contributed by atoms with E-state index < -0.39 is 0 Å². The van der Waals surface area contributed by atoms with Crippen LogP contribution >= 0.6 is 0 Å².